The van der Waals surface area contributed by atoms with Gasteiger partial charge in [-0.25, -0.2) is 13.6 Å². The Hall–Kier alpha value is -2.65. The molecule has 0 bridgehead atoms. The molecule has 23 heavy (non-hydrogen) atoms. The number of nitrogens with one attached hydrogen (secondary N) is 1. The highest BCUT2D eigenvalue weighted by atomic mass is 32.2. The van der Waals surface area contributed by atoms with Crippen LogP contribution in [0.4, 0.5) is 11.4 Å². The number of rotatable bonds is 6. The van der Waals surface area contributed by atoms with E-state index in [1.807, 2.05) is 12.1 Å². The predicted molar refractivity (Wildman–Crippen MR) is 84.8 cm³/mol. The number of hydrogen-bond donors (Lipinski definition) is 2. The largest absolute Gasteiger partial charge is 0.497 e. The number of non-ortho nitro benzene ring substituents is 1. The van der Waals surface area contributed by atoms with Gasteiger partial charge in [-0.2, -0.15) is 0 Å². The summed E-state index contributed by atoms with van der Waals surface area (Å²) in [5.41, 5.74) is 0.738. The van der Waals surface area contributed by atoms with Crippen LogP contribution in [0.5, 0.6) is 5.75 Å². The molecule has 2 aromatic carbocycles. The summed E-state index contributed by atoms with van der Waals surface area (Å²) in [5, 5.41) is 18.8. The number of anilines is 1. The first kappa shape index (κ1) is 16.7. The highest BCUT2D eigenvalue weighted by Gasteiger charge is 2.18. The third-order valence-electron chi connectivity index (χ3n) is 3.12. The van der Waals surface area contributed by atoms with Crippen LogP contribution >= 0.6 is 0 Å². The van der Waals surface area contributed by atoms with Crippen LogP contribution in [0.1, 0.15) is 5.56 Å². The van der Waals surface area contributed by atoms with Crippen molar-refractivity contribution in [3.8, 4) is 5.75 Å². The second-order valence-electron chi connectivity index (χ2n) is 4.68. The summed E-state index contributed by atoms with van der Waals surface area (Å²) in [5.74, 6) is 0.703. The maximum atomic E-state index is 11.6. The summed E-state index contributed by atoms with van der Waals surface area (Å²) in [6.45, 7) is 0.324. The van der Waals surface area contributed by atoms with Gasteiger partial charge in [0.2, 0.25) is 10.0 Å². The van der Waals surface area contributed by atoms with Crippen LogP contribution < -0.4 is 15.2 Å². The van der Waals surface area contributed by atoms with Gasteiger partial charge < -0.3 is 10.1 Å². The van der Waals surface area contributed by atoms with Crippen LogP contribution in [-0.2, 0) is 16.6 Å². The lowest BCUT2D eigenvalue weighted by atomic mass is 10.2. The minimum atomic E-state index is -4.09. The number of hydrogen-bond acceptors (Lipinski definition) is 6. The second kappa shape index (κ2) is 6.63. The first-order chi connectivity index (χ1) is 10.8. The highest BCUT2D eigenvalue weighted by molar-refractivity contribution is 7.89. The van der Waals surface area contributed by atoms with Crippen LogP contribution in [0.15, 0.2) is 47.4 Å². The van der Waals surface area contributed by atoms with E-state index in [4.69, 9.17) is 9.88 Å². The molecule has 122 valence electrons. The van der Waals surface area contributed by atoms with E-state index in [0.717, 1.165) is 11.6 Å². The monoisotopic (exact) mass is 337 g/mol. The van der Waals surface area contributed by atoms with Crippen molar-refractivity contribution in [1.29, 1.82) is 0 Å². The summed E-state index contributed by atoms with van der Waals surface area (Å²) in [7, 11) is -2.53. The molecule has 0 saturated carbocycles. The Morgan fingerprint density at radius 2 is 1.87 bits per heavy atom. The van der Waals surface area contributed by atoms with E-state index in [9.17, 15) is 18.5 Å². The van der Waals surface area contributed by atoms with Crippen LogP contribution in [0.3, 0.4) is 0 Å². The molecule has 3 N–H and O–H groups in total. The first-order valence-electron chi connectivity index (χ1n) is 6.49. The molecule has 0 amide bonds. The summed E-state index contributed by atoms with van der Waals surface area (Å²) >= 11 is 0. The van der Waals surface area contributed by atoms with Crippen molar-refractivity contribution in [1.82, 2.24) is 0 Å². The number of primary sulfonamides is 1. The minimum Gasteiger partial charge on any atom is -0.497 e. The molecule has 0 unspecified atom stereocenters. The standard InChI is InChI=1S/C14H15N3O5S/c1-22-12-5-2-10(3-6-12)9-16-13-7-4-11(17(18)19)8-14(13)23(15,20)21/h2-8,16H,9H2,1H3,(H2,15,20,21). The average molecular weight is 337 g/mol. The van der Waals surface area contributed by atoms with E-state index in [0.29, 0.717) is 12.3 Å². The van der Waals surface area contributed by atoms with E-state index in [1.54, 1.807) is 19.2 Å². The lowest BCUT2D eigenvalue weighted by Crippen LogP contribution is -2.15. The number of nitrogens with two attached hydrogens (primary N) is 1. The SMILES string of the molecule is COc1ccc(CNc2ccc([N+](=O)[O-])cc2S(N)(=O)=O)cc1. The summed E-state index contributed by atoms with van der Waals surface area (Å²) < 4.78 is 28.3. The number of nitrogens with zero attached hydrogens (tertiary/aromatic N) is 1. The molecule has 0 fully saturated rings. The van der Waals surface area contributed by atoms with Crippen molar-refractivity contribution in [3.63, 3.8) is 0 Å². The van der Waals surface area contributed by atoms with Crippen molar-refractivity contribution in [2.75, 3.05) is 12.4 Å². The fourth-order valence-electron chi connectivity index (χ4n) is 1.95. The van der Waals surface area contributed by atoms with E-state index in [1.165, 1.54) is 12.1 Å². The van der Waals surface area contributed by atoms with Crippen molar-refractivity contribution < 1.29 is 18.1 Å². The summed E-state index contributed by atoms with van der Waals surface area (Å²) in [6, 6.07) is 10.6. The Labute approximate surface area is 133 Å². The number of ether oxygens (including phenoxy) is 1. The molecule has 0 heterocycles. The number of methoxy groups -OCH3 is 1. The number of sulfonamides is 1. The summed E-state index contributed by atoms with van der Waals surface area (Å²) in [4.78, 5) is 9.77. The average Bonchev–Trinajstić information content (AvgIpc) is 2.52. The minimum absolute atomic E-state index is 0.203. The molecule has 0 saturated heterocycles. The van der Waals surface area contributed by atoms with Gasteiger partial charge in [0, 0.05) is 18.7 Å². The Balaban J connectivity index is 2.26. The zero-order valence-electron chi connectivity index (χ0n) is 12.2. The normalized spacial score (nSPS) is 11.0. The molecular weight excluding hydrogens is 322 g/mol. The lowest BCUT2D eigenvalue weighted by molar-refractivity contribution is -0.385. The Morgan fingerprint density at radius 3 is 2.39 bits per heavy atom. The third-order valence-corrected chi connectivity index (χ3v) is 4.08. The number of benzene rings is 2. The quantitative estimate of drug-likeness (QED) is 0.612. The van der Waals surface area contributed by atoms with Crippen molar-refractivity contribution >= 4 is 21.4 Å². The maximum absolute atomic E-state index is 11.6. The Kier molecular flexibility index (Phi) is 4.82. The molecule has 9 heteroatoms. The van der Waals surface area contributed by atoms with Gasteiger partial charge in [0.1, 0.15) is 10.6 Å². The van der Waals surface area contributed by atoms with Gasteiger partial charge in [0.25, 0.3) is 5.69 Å². The van der Waals surface area contributed by atoms with Crippen molar-refractivity contribution in [3.05, 3.63) is 58.1 Å². The lowest BCUT2D eigenvalue weighted by Gasteiger charge is -2.11. The van der Waals surface area contributed by atoms with E-state index in [-0.39, 0.29) is 16.3 Å². The Morgan fingerprint density at radius 1 is 1.22 bits per heavy atom. The van der Waals surface area contributed by atoms with Gasteiger partial charge in [-0.3, -0.25) is 10.1 Å². The maximum Gasteiger partial charge on any atom is 0.270 e. The zero-order valence-corrected chi connectivity index (χ0v) is 13.0. The number of nitro benzene ring substituents is 1. The highest BCUT2D eigenvalue weighted by Crippen LogP contribution is 2.26. The van der Waals surface area contributed by atoms with Crippen LogP contribution in [0, 0.1) is 10.1 Å². The smallest absolute Gasteiger partial charge is 0.270 e. The van der Waals surface area contributed by atoms with Gasteiger partial charge in [0.15, 0.2) is 0 Å². The molecule has 2 aromatic rings. The number of nitro groups is 1. The van der Waals surface area contributed by atoms with Gasteiger partial charge in [-0.1, -0.05) is 12.1 Å². The molecule has 0 aromatic heterocycles. The van der Waals surface area contributed by atoms with Crippen LogP contribution in [-0.4, -0.2) is 20.5 Å². The second-order valence-corrected chi connectivity index (χ2v) is 6.21. The molecule has 8 nitrogen and oxygen atoms in total. The van der Waals surface area contributed by atoms with Gasteiger partial charge in [-0.05, 0) is 23.8 Å². The van der Waals surface area contributed by atoms with Crippen LogP contribution in [0.25, 0.3) is 0 Å². The molecule has 0 aliphatic heterocycles. The molecule has 0 aliphatic carbocycles. The fourth-order valence-corrected chi connectivity index (χ4v) is 2.68. The molecule has 0 spiro atoms. The van der Waals surface area contributed by atoms with Gasteiger partial charge in [-0.15, -0.1) is 0 Å². The molecule has 2 rings (SSSR count). The van der Waals surface area contributed by atoms with Crippen molar-refractivity contribution in [2.45, 2.75) is 11.4 Å². The van der Waals surface area contributed by atoms with Gasteiger partial charge in [0.05, 0.1) is 17.7 Å². The fraction of sp³-hybridized carbons (Fsp3) is 0.143. The molecular formula is C14H15N3O5S. The Bertz CT molecular complexity index is 819. The van der Waals surface area contributed by atoms with Crippen molar-refractivity contribution in [2.24, 2.45) is 5.14 Å². The third kappa shape index (κ3) is 4.18. The predicted octanol–water partition coefficient (Wildman–Crippen LogP) is 1.86. The molecule has 0 radical (unpaired) electrons. The van der Waals surface area contributed by atoms with Gasteiger partial charge >= 0.3 is 0 Å². The molecule has 0 aliphatic rings. The molecule has 0 atom stereocenters. The first-order valence-corrected chi connectivity index (χ1v) is 8.04. The topological polar surface area (TPSA) is 125 Å². The zero-order chi connectivity index (χ0) is 17.0. The summed E-state index contributed by atoms with van der Waals surface area (Å²) in [6.07, 6.45) is 0. The van der Waals surface area contributed by atoms with Crippen LogP contribution in [0.2, 0.25) is 0 Å². The van der Waals surface area contributed by atoms with E-state index in [2.05, 4.69) is 5.32 Å². The van der Waals surface area contributed by atoms with E-state index >= 15 is 0 Å². The van der Waals surface area contributed by atoms with E-state index < -0.39 is 14.9 Å².